The SMILES string of the molecule is CCN1C(=O)[C@@H](CNc2ccc(C(=O)NCCN3CCCC3)cc2)S/C1=C(/N)C(=O)N(C)C(C)(C)C. The van der Waals surface area contributed by atoms with E-state index in [1.165, 1.54) is 24.6 Å². The van der Waals surface area contributed by atoms with Crippen LogP contribution in [0, 0.1) is 0 Å². The Labute approximate surface area is 218 Å². The van der Waals surface area contributed by atoms with Crippen LogP contribution in [0.1, 0.15) is 50.9 Å². The molecule has 2 saturated heterocycles. The van der Waals surface area contributed by atoms with Gasteiger partial charge in [0.05, 0.1) is 0 Å². The first-order valence-corrected chi connectivity index (χ1v) is 13.5. The van der Waals surface area contributed by atoms with Crippen molar-refractivity contribution in [2.75, 3.05) is 51.6 Å². The minimum absolute atomic E-state index is 0.0758. The van der Waals surface area contributed by atoms with E-state index in [1.807, 2.05) is 39.8 Å². The van der Waals surface area contributed by atoms with Crippen molar-refractivity contribution in [1.82, 2.24) is 20.0 Å². The Kier molecular flexibility index (Phi) is 9.30. The standard InChI is InChI=1S/C26H40N6O3S/c1-6-32-23(34)20(36-25(32)21(27)24(35)30(5)26(2,3)4)17-29-19-11-9-18(10-12-19)22(33)28-13-16-31-14-7-8-15-31/h9-12,20,29H,6-8,13-17,27H2,1-5H3,(H,28,33)/b25-21+/t20-/m1/s1. The van der Waals surface area contributed by atoms with Crippen molar-refractivity contribution in [2.45, 2.75) is 51.3 Å². The molecule has 2 heterocycles. The maximum absolute atomic E-state index is 13.0. The van der Waals surface area contributed by atoms with E-state index >= 15 is 0 Å². The molecule has 4 N–H and O–H groups in total. The van der Waals surface area contributed by atoms with Gasteiger partial charge in [-0.1, -0.05) is 11.8 Å². The number of carbonyl (C=O) groups excluding carboxylic acids is 3. The number of nitrogens with two attached hydrogens (primary N) is 1. The number of likely N-dealkylation sites (tertiary alicyclic amines) is 1. The predicted octanol–water partition coefficient (Wildman–Crippen LogP) is 2.27. The fourth-order valence-corrected chi connectivity index (χ4v) is 5.35. The van der Waals surface area contributed by atoms with Crippen molar-refractivity contribution in [2.24, 2.45) is 5.73 Å². The van der Waals surface area contributed by atoms with E-state index in [2.05, 4.69) is 15.5 Å². The van der Waals surface area contributed by atoms with Gasteiger partial charge >= 0.3 is 0 Å². The average molecular weight is 517 g/mol. The number of anilines is 1. The predicted molar refractivity (Wildman–Crippen MR) is 145 cm³/mol. The van der Waals surface area contributed by atoms with Crippen molar-refractivity contribution in [3.8, 4) is 0 Å². The van der Waals surface area contributed by atoms with Gasteiger partial charge in [-0.3, -0.25) is 14.4 Å². The normalized spacial score (nSPS) is 20.0. The number of thioether (sulfide) groups is 1. The van der Waals surface area contributed by atoms with E-state index in [4.69, 9.17) is 5.73 Å². The molecule has 0 aromatic heterocycles. The summed E-state index contributed by atoms with van der Waals surface area (Å²) in [5.41, 5.74) is 7.37. The molecule has 0 spiro atoms. The molecule has 2 fully saturated rings. The largest absolute Gasteiger partial charge is 0.392 e. The molecule has 198 valence electrons. The summed E-state index contributed by atoms with van der Waals surface area (Å²) in [7, 11) is 1.71. The zero-order chi connectivity index (χ0) is 26.5. The number of nitrogens with one attached hydrogen (secondary N) is 2. The lowest BCUT2D eigenvalue weighted by Crippen LogP contribution is -2.45. The minimum Gasteiger partial charge on any atom is -0.392 e. The molecule has 1 aromatic carbocycles. The lowest BCUT2D eigenvalue weighted by atomic mass is 10.1. The summed E-state index contributed by atoms with van der Waals surface area (Å²) in [6, 6.07) is 7.23. The molecule has 0 aliphatic carbocycles. The van der Waals surface area contributed by atoms with Crippen LogP contribution in [0.4, 0.5) is 5.69 Å². The van der Waals surface area contributed by atoms with Crippen LogP contribution in [0.5, 0.6) is 0 Å². The molecule has 3 rings (SSSR count). The fraction of sp³-hybridized carbons (Fsp3) is 0.577. The molecule has 36 heavy (non-hydrogen) atoms. The molecule has 0 unspecified atom stereocenters. The van der Waals surface area contributed by atoms with Crippen LogP contribution in [-0.4, -0.2) is 89.5 Å². The van der Waals surface area contributed by atoms with Gasteiger partial charge in [-0.05, 0) is 77.9 Å². The van der Waals surface area contributed by atoms with Crippen molar-refractivity contribution in [1.29, 1.82) is 0 Å². The van der Waals surface area contributed by atoms with Gasteiger partial charge in [-0.2, -0.15) is 0 Å². The zero-order valence-corrected chi connectivity index (χ0v) is 22.9. The summed E-state index contributed by atoms with van der Waals surface area (Å²) < 4.78 is 0. The van der Waals surface area contributed by atoms with Crippen molar-refractivity contribution in [3.05, 3.63) is 40.6 Å². The third kappa shape index (κ3) is 6.73. The van der Waals surface area contributed by atoms with Gasteiger partial charge in [0, 0.05) is 50.0 Å². The number of carbonyl (C=O) groups is 3. The molecular weight excluding hydrogens is 476 g/mol. The average Bonchev–Trinajstić information content (AvgIpc) is 3.48. The molecule has 0 bridgehead atoms. The second-order valence-electron chi connectivity index (χ2n) is 10.2. The lowest BCUT2D eigenvalue weighted by molar-refractivity contribution is -0.130. The maximum Gasteiger partial charge on any atom is 0.272 e. The Bertz CT molecular complexity index is 982. The fourth-order valence-electron chi connectivity index (χ4n) is 4.12. The van der Waals surface area contributed by atoms with Crippen LogP contribution in [-0.2, 0) is 9.59 Å². The van der Waals surface area contributed by atoms with Crippen LogP contribution < -0.4 is 16.4 Å². The Morgan fingerprint density at radius 3 is 2.39 bits per heavy atom. The van der Waals surface area contributed by atoms with Gasteiger partial charge < -0.3 is 31.1 Å². The monoisotopic (exact) mass is 516 g/mol. The van der Waals surface area contributed by atoms with E-state index in [1.54, 1.807) is 29.0 Å². The molecule has 2 aliphatic heterocycles. The van der Waals surface area contributed by atoms with E-state index in [0.29, 0.717) is 30.2 Å². The maximum atomic E-state index is 13.0. The van der Waals surface area contributed by atoms with E-state index in [0.717, 1.165) is 25.3 Å². The summed E-state index contributed by atoms with van der Waals surface area (Å²) in [4.78, 5) is 43.8. The van der Waals surface area contributed by atoms with Crippen LogP contribution in [0.3, 0.4) is 0 Å². The number of benzene rings is 1. The second kappa shape index (κ2) is 12.0. The number of nitrogens with zero attached hydrogens (tertiary/aromatic N) is 3. The number of rotatable bonds is 9. The summed E-state index contributed by atoms with van der Waals surface area (Å²) in [5, 5.41) is 6.36. The minimum atomic E-state index is -0.403. The van der Waals surface area contributed by atoms with Crippen molar-refractivity contribution < 1.29 is 14.4 Å². The Hall–Kier alpha value is -2.72. The van der Waals surface area contributed by atoms with Crippen molar-refractivity contribution in [3.63, 3.8) is 0 Å². The zero-order valence-electron chi connectivity index (χ0n) is 22.1. The number of amides is 3. The first-order valence-electron chi connectivity index (χ1n) is 12.6. The van der Waals surface area contributed by atoms with Crippen molar-refractivity contribution >= 4 is 35.2 Å². The van der Waals surface area contributed by atoms with Crippen LogP contribution in [0.2, 0.25) is 0 Å². The van der Waals surface area contributed by atoms with Gasteiger partial charge in [-0.25, -0.2) is 0 Å². The topological polar surface area (TPSA) is 111 Å². The highest BCUT2D eigenvalue weighted by Crippen LogP contribution is 2.37. The first kappa shape index (κ1) is 27.9. The van der Waals surface area contributed by atoms with Crippen LogP contribution >= 0.6 is 11.8 Å². The Morgan fingerprint density at radius 2 is 1.81 bits per heavy atom. The third-order valence-corrected chi connectivity index (χ3v) is 8.00. The smallest absolute Gasteiger partial charge is 0.272 e. The number of likely N-dealkylation sites (N-methyl/N-ethyl adjacent to an activating group) is 1. The molecule has 3 amide bonds. The van der Waals surface area contributed by atoms with Gasteiger partial charge in [0.15, 0.2) is 0 Å². The molecule has 2 aliphatic rings. The first-order chi connectivity index (χ1) is 17.0. The second-order valence-corrected chi connectivity index (χ2v) is 11.4. The quantitative estimate of drug-likeness (QED) is 0.432. The molecule has 9 nitrogen and oxygen atoms in total. The highest BCUT2D eigenvalue weighted by atomic mass is 32.2. The molecule has 1 atom stereocenters. The van der Waals surface area contributed by atoms with E-state index in [-0.39, 0.29) is 29.0 Å². The highest BCUT2D eigenvalue weighted by Gasteiger charge is 2.39. The summed E-state index contributed by atoms with van der Waals surface area (Å²) >= 11 is 1.32. The van der Waals surface area contributed by atoms with Crippen LogP contribution in [0.15, 0.2) is 35.0 Å². The highest BCUT2D eigenvalue weighted by molar-refractivity contribution is 8.04. The Balaban J connectivity index is 1.56. The lowest BCUT2D eigenvalue weighted by Gasteiger charge is -2.32. The summed E-state index contributed by atoms with van der Waals surface area (Å²) in [6.45, 7) is 12.2. The summed E-state index contributed by atoms with van der Waals surface area (Å²) in [6.07, 6.45) is 2.48. The van der Waals surface area contributed by atoms with Gasteiger partial charge in [0.25, 0.3) is 11.8 Å². The van der Waals surface area contributed by atoms with E-state index in [9.17, 15) is 14.4 Å². The third-order valence-electron chi connectivity index (χ3n) is 6.68. The number of hydrogen-bond acceptors (Lipinski definition) is 7. The van der Waals surface area contributed by atoms with Gasteiger partial charge in [0.1, 0.15) is 16.0 Å². The van der Waals surface area contributed by atoms with Gasteiger partial charge in [0.2, 0.25) is 5.91 Å². The molecule has 0 radical (unpaired) electrons. The Morgan fingerprint density at radius 1 is 1.17 bits per heavy atom. The van der Waals surface area contributed by atoms with E-state index < -0.39 is 5.25 Å². The molecule has 10 heteroatoms. The molecule has 1 aromatic rings. The molecular formula is C26H40N6O3S. The molecule has 0 saturated carbocycles. The van der Waals surface area contributed by atoms with Gasteiger partial charge in [-0.15, -0.1) is 0 Å². The van der Waals surface area contributed by atoms with Crippen LogP contribution in [0.25, 0.3) is 0 Å². The summed E-state index contributed by atoms with van der Waals surface area (Å²) in [5.74, 6) is -0.455. The number of hydrogen-bond donors (Lipinski definition) is 3.